The van der Waals surface area contributed by atoms with Crippen molar-refractivity contribution >= 4 is 0 Å². The molecule has 0 saturated carbocycles. The number of hydrogen-bond donors (Lipinski definition) is 2. The summed E-state index contributed by atoms with van der Waals surface area (Å²) in [5.41, 5.74) is 4.32. The lowest BCUT2D eigenvalue weighted by Gasteiger charge is -2.15. The van der Waals surface area contributed by atoms with Crippen LogP contribution in [0.1, 0.15) is 11.3 Å². The minimum absolute atomic E-state index is 0.0307. The van der Waals surface area contributed by atoms with Crippen molar-refractivity contribution in [2.45, 2.75) is 18.9 Å². The number of nitrogens with one attached hydrogen (secondary N) is 1. The van der Waals surface area contributed by atoms with Crippen LogP contribution in [0, 0.1) is 5.82 Å². The molecule has 0 fully saturated rings. The Morgan fingerprint density at radius 1 is 1.33 bits per heavy atom. The lowest BCUT2D eigenvalue weighted by Crippen LogP contribution is -2.38. The quantitative estimate of drug-likeness (QED) is 0.617. The van der Waals surface area contributed by atoms with Crippen LogP contribution in [0.4, 0.5) is 4.39 Å². The molecule has 4 nitrogen and oxygen atoms in total. The lowest BCUT2D eigenvalue weighted by atomic mass is 10.0. The van der Waals surface area contributed by atoms with Crippen LogP contribution >= 0.6 is 0 Å². The average molecular weight is 248 g/mol. The van der Waals surface area contributed by atoms with Crippen molar-refractivity contribution in [3.05, 3.63) is 53.6 Å². The van der Waals surface area contributed by atoms with Gasteiger partial charge in [-0.1, -0.05) is 18.2 Å². The molecule has 1 unspecified atom stereocenters. The van der Waals surface area contributed by atoms with Crippen LogP contribution in [0.15, 0.2) is 36.5 Å². The van der Waals surface area contributed by atoms with Gasteiger partial charge in [-0.25, -0.2) is 4.39 Å². The van der Waals surface area contributed by atoms with Crippen LogP contribution in [0.25, 0.3) is 0 Å². The highest BCUT2D eigenvalue weighted by atomic mass is 19.1. The van der Waals surface area contributed by atoms with E-state index in [0.29, 0.717) is 18.4 Å². The van der Waals surface area contributed by atoms with Gasteiger partial charge in [0.1, 0.15) is 5.82 Å². The van der Waals surface area contributed by atoms with Crippen molar-refractivity contribution in [3.63, 3.8) is 0 Å². The molecule has 0 aliphatic heterocycles. The van der Waals surface area contributed by atoms with Crippen molar-refractivity contribution in [2.75, 3.05) is 0 Å². The van der Waals surface area contributed by atoms with Gasteiger partial charge in [0, 0.05) is 25.7 Å². The second kappa shape index (κ2) is 5.75. The van der Waals surface area contributed by atoms with E-state index in [1.165, 1.54) is 6.07 Å². The van der Waals surface area contributed by atoms with Crippen LogP contribution in [-0.2, 0) is 19.9 Å². The number of rotatable bonds is 5. The maximum atomic E-state index is 13.5. The van der Waals surface area contributed by atoms with Gasteiger partial charge in [0.2, 0.25) is 0 Å². The second-order valence-electron chi connectivity index (χ2n) is 4.34. The normalized spacial score (nSPS) is 12.6. The Labute approximate surface area is 106 Å². The summed E-state index contributed by atoms with van der Waals surface area (Å²) in [6, 6.07) is 8.65. The molecule has 0 bridgehead atoms. The predicted octanol–water partition coefficient (Wildman–Crippen LogP) is 1.18. The minimum atomic E-state index is -0.196. The lowest BCUT2D eigenvalue weighted by molar-refractivity contribution is 0.500. The van der Waals surface area contributed by atoms with Gasteiger partial charge >= 0.3 is 0 Å². The van der Waals surface area contributed by atoms with Crippen molar-refractivity contribution in [1.82, 2.24) is 15.2 Å². The molecule has 5 heteroatoms. The van der Waals surface area contributed by atoms with Gasteiger partial charge in [0.05, 0.1) is 5.69 Å². The Hall–Kier alpha value is -1.72. The monoisotopic (exact) mass is 248 g/mol. The molecule has 1 heterocycles. The summed E-state index contributed by atoms with van der Waals surface area (Å²) in [7, 11) is 1.87. The third-order valence-corrected chi connectivity index (χ3v) is 2.88. The Morgan fingerprint density at radius 3 is 2.72 bits per heavy atom. The molecule has 2 aromatic rings. The maximum absolute atomic E-state index is 13.5. The molecule has 18 heavy (non-hydrogen) atoms. The van der Waals surface area contributed by atoms with E-state index in [0.717, 1.165) is 5.69 Å². The fraction of sp³-hybridized carbons (Fsp3) is 0.308. The number of aromatic nitrogens is 2. The molecular weight excluding hydrogens is 231 g/mol. The second-order valence-corrected chi connectivity index (χ2v) is 4.34. The van der Waals surface area contributed by atoms with Crippen molar-refractivity contribution in [2.24, 2.45) is 12.9 Å². The SMILES string of the molecule is Cn1ccc(CC(Cc2ccccc2F)NN)n1. The molecule has 0 radical (unpaired) electrons. The van der Waals surface area contributed by atoms with Gasteiger partial charge in [-0.2, -0.15) is 5.10 Å². The Bertz CT molecular complexity index is 509. The first-order chi connectivity index (χ1) is 8.69. The van der Waals surface area contributed by atoms with E-state index in [2.05, 4.69) is 10.5 Å². The molecule has 0 aliphatic carbocycles. The maximum Gasteiger partial charge on any atom is 0.126 e. The Morgan fingerprint density at radius 2 is 2.11 bits per heavy atom. The fourth-order valence-corrected chi connectivity index (χ4v) is 1.94. The zero-order chi connectivity index (χ0) is 13.0. The summed E-state index contributed by atoms with van der Waals surface area (Å²) >= 11 is 0. The number of nitrogens with zero attached hydrogens (tertiary/aromatic N) is 2. The van der Waals surface area contributed by atoms with Gasteiger partial charge in [0.25, 0.3) is 0 Å². The van der Waals surface area contributed by atoms with Gasteiger partial charge in [0.15, 0.2) is 0 Å². The first-order valence-electron chi connectivity index (χ1n) is 5.87. The molecule has 1 aromatic heterocycles. The molecule has 1 atom stereocenters. The van der Waals surface area contributed by atoms with Gasteiger partial charge in [-0.15, -0.1) is 0 Å². The van der Waals surface area contributed by atoms with E-state index in [9.17, 15) is 4.39 Å². The predicted molar refractivity (Wildman–Crippen MR) is 68.1 cm³/mol. The van der Waals surface area contributed by atoms with Crippen molar-refractivity contribution in [1.29, 1.82) is 0 Å². The summed E-state index contributed by atoms with van der Waals surface area (Å²) in [6.45, 7) is 0. The molecule has 0 aliphatic rings. The Kier molecular flexibility index (Phi) is 4.07. The Balaban J connectivity index is 2.04. The summed E-state index contributed by atoms with van der Waals surface area (Å²) in [4.78, 5) is 0. The number of nitrogens with two attached hydrogens (primary N) is 1. The minimum Gasteiger partial charge on any atom is -0.276 e. The number of hydrazine groups is 1. The molecule has 3 N–H and O–H groups in total. The van der Waals surface area contributed by atoms with E-state index >= 15 is 0 Å². The highest BCUT2D eigenvalue weighted by molar-refractivity contribution is 5.19. The molecule has 2 rings (SSSR count). The third-order valence-electron chi connectivity index (χ3n) is 2.88. The summed E-state index contributed by atoms with van der Waals surface area (Å²) < 4.78 is 15.3. The zero-order valence-electron chi connectivity index (χ0n) is 10.3. The van der Waals surface area contributed by atoms with Crippen LogP contribution in [0.3, 0.4) is 0 Å². The van der Waals surface area contributed by atoms with Crippen LogP contribution in [0.2, 0.25) is 0 Å². The van der Waals surface area contributed by atoms with Crippen LogP contribution < -0.4 is 11.3 Å². The number of aryl methyl sites for hydroxylation is 1. The fourth-order valence-electron chi connectivity index (χ4n) is 1.94. The van der Waals surface area contributed by atoms with Gasteiger partial charge < -0.3 is 0 Å². The van der Waals surface area contributed by atoms with E-state index in [1.54, 1.807) is 16.8 Å². The summed E-state index contributed by atoms with van der Waals surface area (Å²) in [5.74, 6) is 5.32. The highest BCUT2D eigenvalue weighted by Crippen LogP contribution is 2.11. The first-order valence-corrected chi connectivity index (χ1v) is 5.87. The largest absolute Gasteiger partial charge is 0.276 e. The molecular formula is C13H17FN4. The molecule has 0 saturated heterocycles. The van der Waals surface area contributed by atoms with Gasteiger partial charge in [-0.05, 0) is 24.1 Å². The number of halogens is 1. The molecule has 96 valence electrons. The van der Waals surface area contributed by atoms with E-state index in [4.69, 9.17) is 5.84 Å². The van der Waals surface area contributed by atoms with Gasteiger partial charge in [-0.3, -0.25) is 16.0 Å². The van der Waals surface area contributed by atoms with Crippen LogP contribution in [0.5, 0.6) is 0 Å². The average Bonchev–Trinajstić information content (AvgIpc) is 2.76. The molecule has 0 spiro atoms. The molecule has 1 aromatic carbocycles. The zero-order valence-corrected chi connectivity index (χ0v) is 10.3. The highest BCUT2D eigenvalue weighted by Gasteiger charge is 2.12. The van der Waals surface area contributed by atoms with E-state index in [1.807, 2.05) is 25.4 Å². The standard InChI is InChI=1S/C13H17FN4/c1-18-7-6-11(17-18)9-12(16-15)8-10-4-2-3-5-13(10)14/h2-7,12,16H,8-9,15H2,1H3. The van der Waals surface area contributed by atoms with E-state index < -0.39 is 0 Å². The topological polar surface area (TPSA) is 55.9 Å². The van der Waals surface area contributed by atoms with E-state index in [-0.39, 0.29) is 11.9 Å². The van der Waals surface area contributed by atoms with Crippen LogP contribution in [-0.4, -0.2) is 15.8 Å². The number of hydrogen-bond acceptors (Lipinski definition) is 3. The summed E-state index contributed by atoms with van der Waals surface area (Å²) in [6.07, 6.45) is 3.09. The first kappa shape index (κ1) is 12.7. The molecule has 0 amide bonds. The number of benzene rings is 1. The third kappa shape index (κ3) is 3.15. The smallest absolute Gasteiger partial charge is 0.126 e. The van der Waals surface area contributed by atoms with Crippen molar-refractivity contribution < 1.29 is 4.39 Å². The summed E-state index contributed by atoms with van der Waals surface area (Å²) in [5, 5.41) is 4.29. The van der Waals surface area contributed by atoms with Crippen molar-refractivity contribution in [3.8, 4) is 0 Å².